The fourth-order valence-corrected chi connectivity index (χ4v) is 11.2. The standard InChI is InChI=1S/C73H139NO5/c1-3-5-7-9-11-13-15-17-19-20-21-29-32-35-38-41-45-49-53-57-61-65-71(76)70(69-75)74-72(77)66-62-58-54-50-46-42-39-36-33-30-27-25-23-22-24-26-28-31-34-37-40-44-48-52-56-60-64-68-79-73(78)67-63-59-55-51-47-43-18-16-14-12-10-8-6-4-2/h16,18,22-23,26,28,70-71,75-76H,3-15,17,19-21,24-25,27,29-69H2,1-2H3,(H,74,77)/b18-16-,23-22-,28-26-. The molecule has 6 nitrogen and oxygen atoms in total. The van der Waals surface area contributed by atoms with E-state index in [2.05, 4.69) is 55.6 Å². The molecule has 79 heavy (non-hydrogen) atoms. The van der Waals surface area contributed by atoms with E-state index in [4.69, 9.17) is 4.74 Å². The topological polar surface area (TPSA) is 95.9 Å². The number of carbonyl (C=O) groups is 2. The number of nitrogens with one attached hydrogen (secondary N) is 1. The van der Waals surface area contributed by atoms with Crippen molar-refractivity contribution >= 4 is 11.9 Å². The Kier molecular flexibility index (Phi) is 66.9. The van der Waals surface area contributed by atoms with Crippen LogP contribution in [0.3, 0.4) is 0 Å². The van der Waals surface area contributed by atoms with E-state index in [0.717, 1.165) is 51.4 Å². The fourth-order valence-electron chi connectivity index (χ4n) is 11.2. The van der Waals surface area contributed by atoms with Gasteiger partial charge in [0.2, 0.25) is 5.91 Å². The number of aliphatic hydroxyl groups excluding tert-OH is 2. The molecule has 2 unspecified atom stereocenters. The first-order chi connectivity index (χ1) is 39.0. The maximum Gasteiger partial charge on any atom is 0.305 e. The number of rotatable bonds is 67. The maximum atomic E-state index is 12.5. The number of aliphatic hydroxyl groups is 2. The van der Waals surface area contributed by atoms with Crippen molar-refractivity contribution in [3.05, 3.63) is 36.5 Å². The zero-order valence-corrected chi connectivity index (χ0v) is 53.4. The lowest BCUT2D eigenvalue weighted by molar-refractivity contribution is -0.143. The van der Waals surface area contributed by atoms with Crippen molar-refractivity contribution in [1.82, 2.24) is 5.32 Å². The molecule has 0 radical (unpaired) electrons. The van der Waals surface area contributed by atoms with Crippen LogP contribution in [-0.4, -0.2) is 47.4 Å². The van der Waals surface area contributed by atoms with E-state index < -0.39 is 12.1 Å². The number of unbranched alkanes of at least 4 members (excludes halogenated alkanes) is 50. The van der Waals surface area contributed by atoms with E-state index in [1.807, 2.05) is 0 Å². The van der Waals surface area contributed by atoms with Gasteiger partial charge in [-0.1, -0.05) is 333 Å². The van der Waals surface area contributed by atoms with Crippen LogP contribution in [-0.2, 0) is 14.3 Å². The molecule has 0 aliphatic carbocycles. The zero-order chi connectivity index (χ0) is 57.1. The minimum absolute atomic E-state index is 0.00259. The van der Waals surface area contributed by atoms with Gasteiger partial charge in [-0.2, -0.15) is 0 Å². The Morgan fingerprint density at radius 3 is 0.975 bits per heavy atom. The Morgan fingerprint density at radius 1 is 0.354 bits per heavy atom. The highest BCUT2D eigenvalue weighted by Gasteiger charge is 2.20. The lowest BCUT2D eigenvalue weighted by Gasteiger charge is -2.22. The SMILES string of the molecule is CCCCCCC/C=C\CCCCCCCC(=O)OCCCCCCCCCCC/C=C\C/C=C\CCCCCCCCCCCCCC(=O)NC(CO)C(O)CCCCCCCCCCCCCCCCCCCCCCC. The van der Waals surface area contributed by atoms with Gasteiger partial charge in [-0.15, -0.1) is 0 Å². The van der Waals surface area contributed by atoms with Crippen LogP contribution in [0.1, 0.15) is 393 Å². The molecule has 0 saturated heterocycles. The summed E-state index contributed by atoms with van der Waals surface area (Å²) in [6.07, 6.45) is 87.6. The van der Waals surface area contributed by atoms with E-state index in [1.165, 1.54) is 308 Å². The van der Waals surface area contributed by atoms with Gasteiger partial charge in [0.05, 0.1) is 25.4 Å². The van der Waals surface area contributed by atoms with Gasteiger partial charge in [-0.3, -0.25) is 9.59 Å². The number of hydrogen-bond donors (Lipinski definition) is 3. The smallest absolute Gasteiger partial charge is 0.305 e. The maximum absolute atomic E-state index is 12.5. The fraction of sp³-hybridized carbons (Fsp3) is 0.890. The van der Waals surface area contributed by atoms with Gasteiger partial charge in [0.15, 0.2) is 0 Å². The molecule has 1 amide bonds. The molecule has 0 fully saturated rings. The number of allylic oxidation sites excluding steroid dienone is 6. The summed E-state index contributed by atoms with van der Waals surface area (Å²) in [5.74, 6) is -0.0317. The van der Waals surface area contributed by atoms with Crippen molar-refractivity contribution in [3.8, 4) is 0 Å². The van der Waals surface area contributed by atoms with Gasteiger partial charge < -0.3 is 20.3 Å². The highest BCUT2D eigenvalue weighted by Crippen LogP contribution is 2.19. The van der Waals surface area contributed by atoms with Crippen LogP contribution in [0.4, 0.5) is 0 Å². The van der Waals surface area contributed by atoms with E-state index in [0.29, 0.717) is 25.9 Å². The monoisotopic (exact) mass is 1110 g/mol. The van der Waals surface area contributed by atoms with Gasteiger partial charge >= 0.3 is 5.97 Å². The van der Waals surface area contributed by atoms with Crippen LogP contribution in [0.2, 0.25) is 0 Å². The van der Waals surface area contributed by atoms with Gasteiger partial charge in [-0.05, 0) is 83.5 Å². The summed E-state index contributed by atoms with van der Waals surface area (Å²) in [6.45, 7) is 4.97. The molecule has 0 spiro atoms. The molecule has 0 saturated carbocycles. The molecular formula is C73H139NO5. The first-order valence-corrected chi connectivity index (χ1v) is 35.7. The normalized spacial score (nSPS) is 12.7. The Morgan fingerprint density at radius 2 is 0.633 bits per heavy atom. The molecule has 466 valence electrons. The average Bonchev–Trinajstić information content (AvgIpc) is 3.45. The Hall–Kier alpha value is -1.92. The van der Waals surface area contributed by atoms with Crippen LogP contribution in [0, 0.1) is 0 Å². The Balaban J connectivity index is 3.42. The summed E-state index contributed by atoms with van der Waals surface area (Å²) in [5, 5.41) is 23.4. The van der Waals surface area contributed by atoms with E-state index in [1.54, 1.807) is 0 Å². The first-order valence-electron chi connectivity index (χ1n) is 35.7. The lowest BCUT2D eigenvalue weighted by atomic mass is 10.0. The minimum atomic E-state index is -0.668. The second-order valence-corrected chi connectivity index (χ2v) is 24.6. The Labute approximate surface area is 494 Å². The van der Waals surface area contributed by atoms with Crippen molar-refractivity contribution in [2.24, 2.45) is 0 Å². The zero-order valence-electron chi connectivity index (χ0n) is 53.4. The molecule has 2 atom stereocenters. The molecule has 0 aromatic heterocycles. The molecule has 0 rings (SSSR count). The molecule has 0 aliphatic heterocycles. The first kappa shape index (κ1) is 77.1. The summed E-state index contributed by atoms with van der Waals surface area (Å²) in [6, 6.07) is -0.545. The van der Waals surface area contributed by atoms with Crippen molar-refractivity contribution in [2.75, 3.05) is 13.2 Å². The predicted octanol–water partition coefficient (Wildman–Crippen LogP) is 23.1. The number of amides is 1. The van der Waals surface area contributed by atoms with E-state index >= 15 is 0 Å². The lowest BCUT2D eigenvalue weighted by Crippen LogP contribution is -2.45. The largest absolute Gasteiger partial charge is 0.466 e. The van der Waals surface area contributed by atoms with Gasteiger partial charge in [0.25, 0.3) is 0 Å². The number of carbonyl (C=O) groups excluding carboxylic acids is 2. The van der Waals surface area contributed by atoms with Crippen LogP contribution >= 0.6 is 0 Å². The third-order valence-corrected chi connectivity index (χ3v) is 16.7. The van der Waals surface area contributed by atoms with Crippen LogP contribution in [0.5, 0.6) is 0 Å². The van der Waals surface area contributed by atoms with Crippen molar-refractivity contribution < 1.29 is 24.5 Å². The summed E-state index contributed by atoms with van der Waals surface area (Å²) in [4.78, 5) is 24.6. The van der Waals surface area contributed by atoms with Crippen LogP contribution < -0.4 is 5.32 Å². The summed E-state index contributed by atoms with van der Waals surface area (Å²) >= 11 is 0. The number of hydrogen-bond acceptors (Lipinski definition) is 5. The molecule has 0 aromatic rings. The average molecular weight is 1110 g/mol. The molecule has 0 bridgehead atoms. The minimum Gasteiger partial charge on any atom is -0.466 e. The molecule has 0 heterocycles. The van der Waals surface area contributed by atoms with Gasteiger partial charge in [-0.25, -0.2) is 0 Å². The highest BCUT2D eigenvalue weighted by molar-refractivity contribution is 5.76. The van der Waals surface area contributed by atoms with Crippen molar-refractivity contribution in [1.29, 1.82) is 0 Å². The van der Waals surface area contributed by atoms with Gasteiger partial charge in [0.1, 0.15) is 0 Å². The summed E-state index contributed by atoms with van der Waals surface area (Å²) in [7, 11) is 0. The summed E-state index contributed by atoms with van der Waals surface area (Å²) < 4.78 is 5.48. The van der Waals surface area contributed by atoms with Crippen LogP contribution in [0.15, 0.2) is 36.5 Å². The van der Waals surface area contributed by atoms with Crippen molar-refractivity contribution in [2.45, 2.75) is 405 Å². The molecule has 6 heteroatoms. The Bertz CT molecular complexity index is 1280. The van der Waals surface area contributed by atoms with Crippen LogP contribution in [0.25, 0.3) is 0 Å². The quantitative estimate of drug-likeness (QED) is 0.0320. The number of ether oxygens (including phenoxy) is 1. The van der Waals surface area contributed by atoms with Crippen molar-refractivity contribution in [3.63, 3.8) is 0 Å². The third kappa shape index (κ3) is 65.1. The van der Waals surface area contributed by atoms with Gasteiger partial charge in [0, 0.05) is 12.8 Å². The molecule has 0 aromatic carbocycles. The molecule has 0 aliphatic rings. The predicted molar refractivity (Wildman–Crippen MR) is 347 cm³/mol. The highest BCUT2D eigenvalue weighted by atomic mass is 16.5. The second-order valence-electron chi connectivity index (χ2n) is 24.6. The number of esters is 1. The van der Waals surface area contributed by atoms with E-state index in [-0.39, 0.29) is 18.5 Å². The molecule has 3 N–H and O–H groups in total. The second kappa shape index (κ2) is 68.6. The molecular weight excluding hydrogens is 971 g/mol. The summed E-state index contributed by atoms with van der Waals surface area (Å²) in [5.41, 5.74) is 0. The van der Waals surface area contributed by atoms with E-state index in [9.17, 15) is 19.8 Å². The third-order valence-electron chi connectivity index (χ3n) is 16.7.